The number of halogens is 1. The monoisotopic (exact) mass is 358 g/mol. The van der Waals surface area contributed by atoms with E-state index in [1.54, 1.807) is 7.11 Å². The van der Waals surface area contributed by atoms with Crippen LogP contribution in [0.4, 0.5) is 4.39 Å². The number of aryl methyl sites for hydroxylation is 1. The first-order valence-corrected chi connectivity index (χ1v) is 9.50. The summed E-state index contributed by atoms with van der Waals surface area (Å²) < 4.78 is 18.3. The lowest BCUT2D eigenvalue weighted by atomic mass is 9.72. The first-order chi connectivity index (χ1) is 12.5. The van der Waals surface area contributed by atoms with Crippen LogP contribution >= 0.6 is 0 Å². The lowest BCUT2D eigenvalue weighted by molar-refractivity contribution is 0.221. The Balaban J connectivity index is 2.07. The van der Waals surface area contributed by atoms with Crippen molar-refractivity contribution in [1.29, 1.82) is 0 Å². The summed E-state index contributed by atoms with van der Waals surface area (Å²) in [5.74, 6) is 1.10. The van der Waals surface area contributed by atoms with E-state index < -0.39 is 0 Å². The van der Waals surface area contributed by atoms with Crippen LogP contribution in [-0.4, -0.2) is 18.8 Å². The molecule has 1 N–H and O–H groups in total. The summed E-state index contributed by atoms with van der Waals surface area (Å²) in [4.78, 5) is 0. The van der Waals surface area contributed by atoms with Crippen LogP contribution in [0.3, 0.4) is 0 Å². The molecule has 142 valence electrons. The third kappa shape index (κ3) is 5.57. The molecule has 0 aliphatic heterocycles. The third-order valence-electron chi connectivity index (χ3n) is 5.60. The Morgan fingerprint density at radius 1 is 1.04 bits per heavy atom. The molecule has 2 unspecified atom stereocenters. The lowest BCUT2D eigenvalue weighted by Crippen LogP contribution is -2.25. The molecule has 26 heavy (non-hydrogen) atoms. The maximum absolute atomic E-state index is 13.1. The van der Waals surface area contributed by atoms with Crippen LogP contribution in [0.5, 0.6) is 5.75 Å². The van der Waals surface area contributed by atoms with Gasteiger partial charge in [-0.2, -0.15) is 0 Å². The second-order valence-electron chi connectivity index (χ2n) is 7.39. The van der Waals surface area contributed by atoms with Gasteiger partial charge >= 0.3 is 0 Å². The third-order valence-corrected chi connectivity index (χ3v) is 5.60. The van der Waals surface area contributed by atoms with Crippen LogP contribution in [0, 0.1) is 11.7 Å². The van der Waals surface area contributed by atoms with Crippen LogP contribution in [0.1, 0.15) is 50.7 Å². The van der Waals surface area contributed by atoms with Gasteiger partial charge in [0.25, 0.3) is 0 Å². The van der Waals surface area contributed by atoms with Crippen molar-refractivity contribution in [2.45, 2.75) is 51.4 Å². The van der Waals surface area contributed by atoms with E-state index in [-0.39, 0.29) is 17.8 Å². The second kappa shape index (κ2) is 9.72. The van der Waals surface area contributed by atoms with E-state index in [1.165, 1.54) is 17.7 Å². The topological polar surface area (TPSA) is 29.5 Å². The summed E-state index contributed by atoms with van der Waals surface area (Å²) in [6, 6.07) is 15.1. The Kier molecular flexibility index (Phi) is 7.65. The molecule has 0 aliphatic rings. The van der Waals surface area contributed by atoms with Gasteiger partial charge in [0.2, 0.25) is 0 Å². The molecule has 2 atom stereocenters. The molecule has 0 radical (unpaired) electrons. The van der Waals surface area contributed by atoms with Gasteiger partial charge in [-0.25, -0.2) is 4.39 Å². The number of methoxy groups -OCH3 is 1. The van der Waals surface area contributed by atoms with Crippen molar-refractivity contribution in [3.63, 3.8) is 0 Å². The average molecular weight is 358 g/mol. The van der Waals surface area contributed by atoms with Crippen molar-refractivity contribution in [1.82, 2.24) is 0 Å². The maximum atomic E-state index is 13.1. The molecule has 0 fully saturated rings. The van der Waals surface area contributed by atoms with Gasteiger partial charge in [-0.15, -0.1) is 0 Å². The van der Waals surface area contributed by atoms with Gasteiger partial charge in [-0.3, -0.25) is 0 Å². The Hall–Kier alpha value is -1.87. The van der Waals surface area contributed by atoms with E-state index in [9.17, 15) is 9.50 Å². The first kappa shape index (κ1) is 20.4. The minimum Gasteiger partial charge on any atom is -0.497 e. The van der Waals surface area contributed by atoms with E-state index in [4.69, 9.17) is 4.74 Å². The van der Waals surface area contributed by atoms with Crippen molar-refractivity contribution in [3.8, 4) is 5.75 Å². The Morgan fingerprint density at radius 2 is 1.69 bits per heavy atom. The smallest absolute Gasteiger partial charge is 0.123 e. The predicted octanol–water partition coefficient (Wildman–Crippen LogP) is 5.52. The highest BCUT2D eigenvalue weighted by Crippen LogP contribution is 2.37. The fourth-order valence-corrected chi connectivity index (χ4v) is 3.65. The standard InChI is InChI=1S/C23H31FO2/c1-4-23(2,20-9-13-22(26-3)14-10-20)17-19(15-16-25)6-5-18-7-11-21(24)12-8-18/h7-14,19,25H,4-6,15-17H2,1-3H3. The number of benzene rings is 2. The molecule has 3 heteroatoms. The zero-order chi connectivity index (χ0) is 19.0. The van der Waals surface area contributed by atoms with Crippen LogP contribution < -0.4 is 4.74 Å². The zero-order valence-corrected chi connectivity index (χ0v) is 16.2. The molecule has 0 heterocycles. The van der Waals surface area contributed by atoms with Crippen molar-refractivity contribution in [2.24, 2.45) is 5.92 Å². The van der Waals surface area contributed by atoms with Gasteiger partial charge in [0.05, 0.1) is 7.11 Å². The van der Waals surface area contributed by atoms with Crippen LogP contribution in [-0.2, 0) is 11.8 Å². The number of aliphatic hydroxyl groups excluding tert-OH is 1. The molecule has 0 saturated carbocycles. The summed E-state index contributed by atoms with van der Waals surface area (Å²) in [6.07, 6.45) is 4.77. The summed E-state index contributed by atoms with van der Waals surface area (Å²) >= 11 is 0. The molecule has 0 aliphatic carbocycles. The van der Waals surface area contributed by atoms with Gasteiger partial charge in [0.1, 0.15) is 11.6 Å². The minimum absolute atomic E-state index is 0.0644. The van der Waals surface area contributed by atoms with Crippen molar-refractivity contribution in [2.75, 3.05) is 13.7 Å². The largest absolute Gasteiger partial charge is 0.497 e. The van der Waals surface area contributed by atoms with E-state index in [0.29, 0.717) is 5.92 Å². The van der Waals surface area contributed by atoms with Crippen LogP contribution in [0.25, 0.3) is 0 Å². The molecule has 0 spiro atoms. The summed E-state index contributed by atoms with van der Waals surface area (Å²) in [5, 5.41) is 9.51. The number of hydrogen-bond donors (Lipinski definition) is 1. The molecule has 2 aromatic rings. The highest BCUT2D eigenvalue weighted by Gasteiger charge is 2.28. The van der Waals surface area contributed by atoms with Gasteiger partial charge in [-0.05, 0) is 78.8 Å². The normalized spacial score (nSPS) is 14.7. The Labute approximate surface area is 157 Å². The number of ether oxygens (including phenoxy) is 1. The van der Waals surface area contributed by atoms with E-state index in [2.05, 4.69) is 26.0 Å². The summed E-state index contributed by atoms with van der Waals surface area (Å²) in [6.45, 7) is 4.73. The fraction of sp³-hybridized carbons (Fsp3) is 0.478. The molecule has 0 amide bonds. The van der Waals surface area contributed by atoms with Gasteiger partial charge in [0.15, 0.2) is 0 Å². The van der Waals surface area contributed by atoms with E-state index >= 15 is 0 Å². The molecule has 2 rings (SSSR count). The number of hydrogen-bond acceptors (Lipinski definition) is 2. The fourth-order valence-electron chi connectivity index (χ4n) is 3.65. The van der Waals surface area contributed by atoms with Crippen LogP contribution in [0.2, 0.25) is 0 Å². The highest BCUT2D eigenvalue weighted by molar-refractivity contribution is 5.32. The maximum Gasteiger partial charge on any atom is 0.123 e. The Morgan fingerprint density at radius 3 is 2.23 bits per heavy atom. The van der Waals surface area contributed by atoms with Gasteiger partial charge in [-0.1, -0.05) is 38.1 Å². The number of aliphatic hydroxyl groups is 1. The molecule has 0 saturated heterocycles. The summed E-state index contributed by atoms with van der Waals surface area (Å²) in [7, 11) is 1.68. The molecular formula is C23H31FO2. The van der Waals surface area contributed by atoms with Crippen molar-refractivity contribution >= 4 is 0 Å². The van der Waals surface area contributed by atoms with Gasteiger partial charge < -0.3 is 9.84 Å². The van der Waals surface area contributed by atoms with Crippen molar-refractivity contribution in [3.05, 3.63) is 65.5 Å². The summed E-state index contributed by atoms with van der Waals surface area (Å²) in [5.41, 5.74) is 2.53. The average Bonchev–Trinajstić information content (AvgIpc) is 2.67. The van der Waals surface area contributed by atoms with Crippen LogP contribution in [0.15, 0.2) is 48.5 Å². The van der Waals surface area contributed by atoms with E-state index in [0.717, 1.165) is 43.4 Å². The quantitative estimate of drug-likeness (QED) is 0.606. The molecule has 0 bridgehead atoms. The Bertz CT molecular complexity index is 651. The van der Waals surface area contributed by atoms with Crippen molar-refractivity contribution < 1.29 is 14.2 Å². The lowest BCUT2D eigenvalue weighted by Gasteiger charge is -2.33. The van der Waals surface area contributed by atoms with E-state index in [1.807, 2.05) is 24.3 Å². The first-order valence-electron chi connectivity index (χ1n) is 9.50. The predicted molar refractivity (Wildman–Crippen MR) is 105 cm³/mol. The zero-order valence-electron chi connectivity index (χ0n) is 16.2. The molecule has 2 aromatic carbocycles. The molecule has 0 aromatic heterocycles. The molecule has 2 nitrogen and oxygen atoms in total. The SMILES string of the molecule is CCC(C)(CC(CCO)CCc1ccc(F)cc1)c1ccc(OC)cc1. The number of rotatable bonds is 10. The highest BCUT2D eigenvalue weighted by atomic mass is 19.1. The van der Waals surface area contributed by atoms with Gasteiger partial charge in [0, 0.05) is 6.61 Å². The molecular weight excluding hydrogens is 327 g/mol. The minimum atomic E-state index is -0.196. The second-order valence-corrected chi connectivity index (χ2v) is 7.39.